The molecule has 2 aromatic rings. The molecule has 0 fully saturated rings. The number of halogens is 2. The summed E-state index contributed by atoms with van der Waals surface area (Å²) in [6.45, 7) is 2.00. The lowest BCUT2D eigenvalue weighted by Crippen LogP contribution is -2.15. The van der Waals surface area contributed by atoms with Crippen LogP contribution in [0.1, 0.15) is 22.7 Å². The highest BCUT2D eigenvalue weighted by atomic mass is 19.2. The van der Waals surface area contributed by atoms with Crippen molar-refractivity contribution < 1.29 is 8.78 Å². The van der Waals surface area contributed by atoms with Crippen molar-refractivity contribution in [3.05, 3.63) is 70.8 Å². The Morgan fingerprint density at radius 2 is 1.72 bits per heavy atom. The number of nitrogens with two attached hydrogens (primary N) is 1. The molecule has 2 N–H and O–H groups in total. The van der Waals surface area contributed by atoms with E-state index < -0.39 is 17.7 Å². The summed E-state index contributed by atoms with van der Waals surface area (Å²) in [6, 6.07) is 11.4. The molecule has 0 spiro atoms. The second kappa shape index (κ2) is 5.27. The van der Waals surface area contributed by atoms with Crippen LogP contribution in [0.3, 0.4) is 0 Å². The second-order valence-electron chi connectivity index (χ2n) is 4.44. The summed E-state index contributed by atoms with van der Waals surface area (Å²) in [4.78, 5) is 0. The van der Waals surface area contributed by atoms with Crippen LogP contribution in [0.2, 0.25) is 0 Å². The lowest BCUT2D eigenvalue weighted by Gasteiger charge is -2.13. The van der Waals surface area contributed by atoms with Gasteiger partial charge in [-0.05, 0) is 25.0 Å². The number of benzene rings is 2. The van der Waals surface area contributed by atoms with Crippen molar-refractivity contribution in [2.45, 2.75) is 19.4 Å². The first kappa shape index (κ1) is 12.7. The highest BCUT2D eigenvalue weighted by molar-refractivity contribution is 5.27. The third-order valence-electron chi connectivity index (χ3n) is 2.96. The highest BCUT2D eigenvalue weighted by Crippen LogP contribution is 2.21. The maximum Gasteiger partial charge on any atom is 0.163 e. The van der Waals surface area contributed by atoms with Gasteiger partial charge in [0.1, 0.15) is 0 Å². The van der Waals surface area contributed by atoms with E-state index in [1.807, 2.05) is 31.2 Å². The standard InChI is InChI=1S/C15H15F2N/c1-10-5-7-11(8-6-10)9-14(18)12-3-2-4-13(16)15(12)17/h2-8,14H,9,18H2,1H3. The van der Waals surface area contributed by atoms with E-state index >= 15 is 0 Å². The molecule has 0 aliphatic rings. The van der Waals surface area contributed by atoms with Gasteiger partial charge in [0.15, 0.2) is 11.6 Å². The first-order valence-corrected chi connectivity index (χ1v) is 5.83. The molecule has 0 aromatic heterocycles. The summed E-state index contributed by atoms with van der Waals surface area (Å²) in [5.41, 5.74) is 8.31. The summed E-state index contributed by atoms with van der Waals surface area (Å²) in [6.07, 6.45) is 0.487. The van der Waals surface area contributed by atoms with E-state index in [4.69, 9.17) is 5.73 Å². The quantitative estimate of drug-likeness (QED) is 0.882. The lowest BCUT2D eigenvalue weighted by atomic mass is 9.98. The molecule has 94 valence electrons. The van der Waals surface area contributed by atoms with Crippen LogP contribution < -0.4 is 5.73 Å². The van der Waals surface area contributed by atoms with Gasteiger partial charge in [-0.2, -0.15) is 0 Å². The predicted octanol–water partition coefficient (Wildman–Crippen LogP) is 3.52. The van der Waals surface area contributed by atoms with Crippen LogP contribution in [-0.2, 0) is 6.42 Å². The summed E-state index contributed by atoms with van der Waals surface area (Å²) in [5.74, 6) is -1.70. The Morgan fingerprint density at radius 1 is 1.06 bits per heavy atom. The van der Waals surface area contributed by atoms with Gasteiger partial charge in [-0.1, -0.05) is 42.0 Å². The number of rotatable bonds is 3. The SMILES string of the molecule is Cc1ccc(CC(N)c2cccc(F)c2F)cc1. The minimum Gasteiger partial charge on any atom is -0.324 e. The van der Waals surface area contributed by atoms with Crippen molar-refractivity contribution in [1.29, 1.82) is 0 Å². The third kappa shape index (κ3) is 2.74. The minimum absolute atomic E-state index is 0.218. The molecule has 0 aliphatic carbocycles. The van der Waals surface area contributed by atoms with E-state index in [2.05, 4.69) is 0 Å². The summed E-state index contributed by atoms with van der Waals surface area (Å²) < 4.78 is 26.7. The van der Waals surface area contributed by atoms with Crippen molar-refractivity contribution >= 4 is 0 Å². The summed E-state index contributed by atoms with van der Waals surface area (Å²) >= 11 is 0. The molecule has 1 atom stereocenters. The molecule has 0 saturated carbocycles. The normalized spacial score (nSPS) is 12.4. The Morgan fingerprint density at radius 3 is 2.39 bits per heavy atom. The molecule has 0 bridgehead atoms. The molecule has 18 heavy (non-hydrogen) atoms. The van der Waals surface area contributed by atoms with Crippen molar-refractivity contribution in [3.8, 4) is 0 Å². The predicted molar refractivity (Wildman–Crippen MR) is 68.2 cm³/mol. The molecular formula is C15H15F2N. The van der Waals surface area contributed by atoms with Gasteiger partial charge in [0.05, 0.1) is 0 Å². The highest BCUT2D eigenvalue weighted by Gasteiger charge is 2.14. The molecule has 0 amide bonds. The van der Waals surface area contributed by atoms with Crippen molar-refractivity contribution in [3.63, 3.8) is 0 Å². The zero-order valence-electron chi connectivity index (χ0n) is 10.2. The molecule has 3 heteroatoms. The van der Waals surface area contributed by atoms with Gasteiger partial charge in [-0.3, -0.25) is 0 Å². The second-order valence-corrected chi connectivity index (χ2v) is 4.44. The smallest absolute Gasteiger partial charge is 0.163 e. The first-order valence-electron chi connectivity index (χ1n) is 5.83. The zero-order chi connectivity index (χ0) is 13.1. The van der Waals surface area contributed by atoms with E-state index in [1.54, 1.807) is 0 Å². The van der Waals surface area contributed by atoms with Gasteiger partial charge in [-0.25, -0.2) is 8.78 Å². The zero-order valence-corrected chi connectivity index (χ0v) is 10.2. The molecule has 1 unspecified atom stereocenters. The van der Waals surface area contributed by atoms with Crippen LogP contribution in [-0.4, -0.2) is 0 Å². The van der Waals surface area contributed by atoms with Gasteiger partial charge in [0.25, 0.3) is 0 Å². The fraction of sp³-hybridized carbons (Fsp3) is 0.200. The average Bonchev–Trinajstić information content (AvgIpc) is 2.35. The maximum atomic E-state index is 13.6. The van der Waals surface area contributed by atoms with Crippen LogP contribution in [0.5, 0.6) is 0 Å². The van der Waals surface area contributed by atoms with Crippen molar-refractivity contribution in [2.24, 2.45) is 5.73 Å². The molecule has 2 aromatic carbocycles. The molecule has 0 radical (unpaired) electrons. The van der Waals surface area contributed by atoms with Crippen LogP contribution >= 0.6 is 0 Å². The molecule has 1 nitrogen and oxygen atoms in total. The third-order valence-corrected chi connectivity index (χ3v) is 2.96. The van der Waals surface area contributed by atoms with Gasteiger partial charge in [0.2, 0.25) is 0 Å². The molecule has 2 rings (SSSR count). The van der Waals surface area contributed by atoms with Crippen molar-refractivity contribution in [1.82, 2.24) is 0 Å². The van der Waals surface area contributed by atoms with E-state index in [1.165, 1.54) is 12.1 Å². The first-order chi connectivity index (χ1) is 8.58. The van der Waals surface area contributed by atoms with Crippen LogP contribution in [0.25, 0.3) is 0 Å². The van der Waals surface area contributed by atoms with Crippen molar-refractivity contribution in [2.75, 3.05) is 0 Å². The van der Waals surface area contributed by atoms with E-state index in [0.717, 1.165) is 17.2 Å². The fourth-order valence-electron chi connectivity index (χ4n) is 1.89. The monoisotopic (exact) mass is 247 g/mol. The molecule has 0 aliphatic heterocycles. The fourth-order valence-corrected chi connectivity index (χ4v) is 1.89. The summed E-state index contributed by atoms with van der Waals surface area (Å²) in [5, 5.41) is 0. The van der Waals surface area contributed by atoms with Crippen LogP contribution in [0, 0.1) is 18.6 Å². The van der Waals surface area contributed by atoms with Crippen LogP contribution in [0.4, 0.5) is 8.78 Å². The molecular weight excluding hydrogens is 232 g/mol. The average molecular weight is 247 g/mol. The number of hydrogen-bond donors (Lipinski definition) is 1. The topological polar surface area (TPSA) is 26.0 Å². The van der Waals surface area contributed by atoms with E-state index in [-0.39, 0.29) is 5.56 Å². The Hall–Kier alpha value is -1.74. The Balaban J connectivity index is 2.19. The van der Waals surface area contributed by atoms with Gasteiger partial charge in [-0.15, -0.1) is 0 Å². The van der Waals surface area contributed by atoms with E-state index in [9.17, 15) is 8.78 Å². The van der Waals surface area contributed by atoms with E-state index in [0.29, 0.717) is 6.42 Å². The van der Waals surface area contributed by atoms with Gasteiger partial charge < -0.3 is 5.73 Å². The summed E-state index contributed by atoms with van der Waals surface area (Å²) in [7, 11) is 0. The Labute approximate surface area is 105 Å². The Kier molecular flexibility index (Phi) is 3.72. The number of aryl methyl sites for hydroxylation is 1. The lowest BCUT2D eigenvalue weighted by molar-refractivity contribution is 0.488. The molecule has 0 saturated heterocycles. The molecule has 0 heterocycles. The van der Waals surface area contributed by atoms with Gasteiger partial charge >= 0.3 is 0 Å². The largest absolute Gasteiger partial charge is 0.324 e. The number of hydrogen-bond acceptors (Lipinski definition) is 1. The van der Waals surface area contributed by atoms with Gasteiger partial charge in [0, 0.05) is 11.6 Å². The van der Waals surface area contributed by atoms with Crippen LogP contribution in [0.15, 0.2) is 42.5 Å². The Bertz CT molecular complexity index is 535. The maximum absolute atomic E-state index is 13.6. The minimum atomic E-state index is -0.855.